The van der Waals surface area contributed by atoms with Crippen LogP contribution in [0.15, 0.2) is 84.1 Å². The summed E-state index contributed by atoms with van der Waals surface area (Å²) in [5.41, 5.74) is 13.2. The van der Waals surface area contributed by atoms with Gasteiger partial charge in [-0.05, 0) is 30.4 Å². The van der Waals surface area contributed by atoms with Crippen molar-refractivity contribution in [2.75, 3.05) is 0 Å². The molecule has 0 aliphatic heterocycles. The largest absolute Gasteiger partial charge is 0.375 e. The van der Waals surface area contributed by atoms with Gasteiger partial charge in [0.15, 0.2) is 5.11 Å². The highest BCUT2D eigenvalue weighted by Crippen LogP contribution is 2.33. The van der Waals surface area contributed by atoms with Gasteiger partial charge in [-0.1, -0.05) is 54.6 Å². The number of benzene rings is 3. The van der Waals surface area contributed by atoms with Crippen molar-refractivity contribution >= 4 is 56.3 Å². The molecule has 0 unspecified atom stereocenters. The minimum atomic E-state index is 0.135. The number of nitrogens with two attached hydrogens (primary N) is 1. The Labute approximate surface area is 172 Å². The topological polar surface area (TPSA) is 68.2 Å². The van der Waals surface area contributed by atoms with Crippen molar-refractivity contribution in [2.45, 2.75) is 0 Å². The second-order valence-electron chi connectivity index (χ2n) is 6.70. The fourth-order valence-electron chi connectivity index (χ4n) is 3.74. The van der Waals surface area contributed by atoms with Gasteiger partial charge in [0.1, 0.15) is 0 Å². The molecule has 0 atom stereocenters. The molecule has 2 aromatic heterocycles. The lowest BCUT2D eigenvalue weighted by Gasteiger charge is -2.13. The summed E-state index contributed by atoms with van der Waals surface area (Å²) in [6.45, 7) is 0. The summed E-state index contributed by atoms with van der Waals surface area (Å²) in [5, 5.41) is 7.57. The first-order valence-electron chi connectivity index (χ1n) is 9.19. The zero-order chi connectivity index (χ0) is 19.8. The predicted octanol–water partition coefficient (Wildman–Crippen LogP) is 4.50. The number of para-hydroxylation sites is 3. The molecular formula is C23H17N5S. The quantitative estimate of drug-likeness (QED) is 0.204. The molecular weight excluding hydrogens is 378 g/mol. The minimum Gasteiger partial charge on any atom is -0.375 e. The average Bonchev–Trinajstić information content (AvgIpc) is 3.10. The number of thiocarbonyl (C=S) groups is 1. The van der Waals surface area contributed by atoms with Crippen LogP contribution in [0.3, 0.4) is 0 Å². The van der Waals surface area contributed by atoms with Crippen molar-refractivity contribution in [2.24, 2.45) is 10.8 Å². The van der Waals surface area contributed by atoms with E-state index in [1.807, 2.05) is 48.5 Å². The van der Waals surface area contributed by atoms with Gasteiger partial charge < -0.3 is 10.3 Å². The maximum absolute atomic E-state index is 5.48. The van der Waals surface area contributed by atoms with Crippen LogP contribution in [0.2, 0.25) is 0 Å². The molecule has 5 rings (SSSR count). The Kier molecular flexibility index (Phi) is 4.18. The Morgan fingerprint density at radius 1 is 0.897 bits per heavy atom. The smallest absolute Gasteiger partial charge is 0.184 e. The Bertz CT molecular complexity index is 1360. The molecule has 0 fully saturated rings. The van der Waals surface area contributed by atoms with Crippen LogP contribution in [-0.4, -0.2) is 20.9 Å². The Morgan fingerprint density at radius 3 is 2.14 bits per heavy atom. The van der Waals surface area contributed by atoms with E-state index in [-0.39, 0.29) is 5.11 Å². The zero-order valence-electron chi connectivity index (χ0n) is 15.4. The second kappa shape index (κ2) is 7.00. The van der Waals surface area contributed by atoms with Crippen LogP contribution in [0.5, 0.6) is 0 Å². The number of fused-ring (bicyclic) bond motifs is 3. The maximum Gasteiger partial charge on any atom is 0.184 e. The van der Waals surface area contributed by atoms with Gasteiger partial charge >= 0.3 is 0 Å². The summed E-state index contributed by atoms with van der Waals surface area (Å²) in [4.78, 5) is 4.84. The third kappa shape index (κ3) is 2.99. The molecule has 0 amide bonds. The van der Waals surface area contributed by atoms with Gasteiger partial charge in [0.25, 0.3) is 0 Å². The van der Waals surface area contributed by atoms with E-state index < -0.39 is 0 Å². The van der Waals surface area contributed by atoms with Crippen molar-refractivity contribution in [3.63, 3.8) is 0 Å². The molecule has 0 aliphatic carbocycles. The third-order valence-electron chi connectivity index (χ3n) is 4.92. The fourth-order valence-corrected chi connectivity index (χ4v) is 3.79. The van der Waals surface area contributed by atoms with Crippen LogP contribution in [0, 0.1) is 0 Å². The molecule has 0 saturated carbocycles. The first kappa shape index (κ1) is 17.3. The molecule has 29 heavy (non-hydrogen) atoms. The number of hydrogen-bond donors (Lipinski definition) is 2. The molecule has 140 valence electrons. The zero-order valence-corrected chi connectivity index (χ0v) is 16.2. The maximum atomic E-state index is 5.48. The molecule has 6 heteroatoms. The van der Waals surface area contributed by atoms with Gasteiger partial charge in [-0.15, -0.1) is 0 Å². The minimum absolute atomic E-state index is 0.135. The van der Waals surface area contributed by atoms with Gasteiger partial charge in [0.05, 0.1) is 28.5 Å². The monoisotopic (exact) mass is 395 g/mol. The van der Waals surface area contributed by atoms with E-state index in [4.69, 9.17) is 22.9 Å². The number of nitrogens with one attached hydrogen (secondary N) is 1. The number of hydrazone groups is 1. The summed E-state index contributed by atoms with van der Waals surface area (Å²) in [6.07, 6.45) is 3.83. The average molecular weight is 395 g/mol. The number of pyridine rings is 1. The van der Waals surface area contributed by atoms with E-state index in [9.17, 15) is 0 Å². The molecule has 5 aromatic rings. The summed E-state index contributed by atoms with van der Waals surface area (Å²) in [5.74, 6) is 0. The van der Waals surface area contributed by atoms with Gasteiger partial charge in [-0.25, -0.2) is 4.98 Å². The summed E-state index contributed by atoms with van der Waals surface area (Å²) in [7, 11) is 0. The number of rotatable bonds is 3. The molecule has 5 nitrogen and oxygen atoms in total. The van der Waals surface area contributed by atoms with Crippen molar-refractivity contribution in [3.05, 3.63) is 84.6 Å². The van der Waals surface area contributed by atoms with Crippen molar-refractivity contribution in [1.29, 1.82) is 0 Å². The van der Waals surface area contributed by atoms with Gasteiger partial charge in [0.2, 0.25) is 0 Å². The first-order chi connectivity index (χ1) is 14.2. The van der Waals surface area contributed by atoms with Crippen molar-refractivity contribution in [3.8, 4) is 5.69 Å². The molecule has 0 saturated heterocycles. The first-order valence-corrected chi connectivity index (χ1v) is 9.59. The van der Waals surface area contributed by atoms with E-state index in [2.05, 4.69) is 45.6 Å². The third-order valence-corrected chi connectivity index (χ3v) is 5.01. The van der Waals surface area contributed by atoms with Crippen LogP contribution in [0.25, 0.3) is 38.4 Å². The lowest BCUT2D eigenvalue weighted by atomic mass is 10.1. The van der Waals surface area contributed by atoms with Crippen molar-refractivity contribution in [1.82, 2.24) is 15.0 Å². The van der Waals surface area contributed by atoms with Crippen LogP contribution < -0.4 is 11.2 Å². The number of nitrogens with zero attached hydrogens (tertiary/aromatic N) is 3. The van der Waals surface area contributed by atoms with E-state index in [1.54, 1.807) is 6.21 Å². The summed E-state index contributed by atoms with van der Waals surface area (Å²) in [6, 6.07) is 24.7. The summed E-state index contributed by atoms with van der Waals surface area (Å²) >= 11 is 4.84. The Balaban J connectivity index is 1.85. The molecule has 3 aromatic carbocycles. The standard InChI is InChI=1S/C23H17N5S/c24-23(29)27-25-13-15-14-28(21-12-6-3-7-16(15)21)22-17-8-1-4-10-19(17)26-20-11-5-2-9-18(20)22/h1-14H,(H3,24,27,29)/b25-13+. The molecule has 3 N–H and O–H groups in total. The highest BCUT2D eigenvalue weighted by molar-refractivity contribution is 7.80. The van der Waals surface area contributed by atoms with E-state index in [0.29, 0.717) is 0 Å². The molecule has 0 spiro atoms. The van der Waals surface area contributed by atoms with Crippen LogP contribution in [0.1, 0.15) is 5.56 Å². The lowest BCUT2D eigenvalue weighted by molar-refractivity contribution is 1.04. The van der Waals surface area contributed by atoms with E-state index in [1.165, 1.54) is 0 Å². The Morgan fingerprint density at radius 2 is 1.48 bits per heavy atom. The predicted molar refractivity (Wildman–Crippen MR) is 124 cm³/mol. The van der Waals surface area contributed by atoms with Gasteiger partial charge in [-0.2, -0.15) is 5.10 Å². The van der Waals surface area contributed by atoms with Gasteiger partial charge in [0, 0.05) is 27.9 Å². The number of aromatic nitrogens is 2. The Hall–Kier alpha value is -3.77. The summed E-state index contributed by atoms with van der Waals surface area (Å²) < 4.78 is 2.21. The normalized spacial score (nSPS) is 11.6. The SMILES string of the molecule is NC(=S)N/N=C/c1cn(-c2c3ccccc3nc3ccccc23)c2ccccc12. The fraction of sp³-hybridized carbons (Fsp3) is 0. The van der Waals surface area contributed by atoms with E-state index in [0.717, 1.165) is 44.0 Å². The highest BCUT2D eigenvalue weighted by Gasteiger charge is 2.14. The van der Waals surface area contributed by atoms with Crippen LogP contribution >= 0.6 is 12.2 Å². The van der Waals surface area contributed by atoms with Gasteiger partial charge in [-0.3, -0.25) is 5.43 Å². The van der Waals surface area contributed by atoms with Crippen LogP contribution in [-0.2, 0) is 0 Å². The van der Waals surface area contributed by atoms with E-state index >= 15 is 0 Å². The lowest BCUT2D eigenvalue weighted by Crippen LogP contribution is -2.23. The molecule has 0 bridgehead atoms. The number of hydrogen-bond acceptors (Lipinski definition) is 3. The molecule has 2 heterocycles. The second-order valence-corrected chi connectivity index (χ2v) is 7.14. The van der Waals surface area contributed by atoms with Crippen LogP contribution in [0.4, 0.5) is 0 Å². The molecule has 0 aliphatic rings. The molecule has 0 radical (unpaired) electrons. The van der Waals surface area contributed by atoms with Crippen molar-refractivity contribution < 1.29 is 0 Å². The highest BCUT2D eigenvalue weighted by atomic mass is 32.1.